The zero-order valence-corrected chi connectivity index (χ0v) is 14.4. The third-order valence-electron chi connectivity index (χ3n) is 5.03. The molecule has 24 heavy (non-hydrogen) atoms. The third kappa shape index (κ3) is 5.05. The number of rotatable bonds is 6. The van der Waals surface area contributed by atoms with Crippen LogP contribution in [0.3, 0.4) is 0 Å². The highest BCUT2D eigenvalue weighted by Gasteiger charge is 2.21. The molecule has 0 spiro atoms. The van der Waals surface area contributed by atoms with Gasteiger partial charge in [-0.15, -0.1) is 10.2 Å². The molecule has 5 nitrogen and oxygen atoms in total. The Bertz CT molecular complexity index is 561. The van der Waals surface area contributed by atoms with Crippen molar-refractivity contribution < 1.29 is 4.79 Å². The van der Waals surface area contributed by atoms with E-state index >= 15 is 0 Å². The zero-order chi connectivity index (χ0) is 16.6. The quantitative estimate of drug-likeness (QED) is 0.764. The minimum Gasteiger partial charge on any atom is -0.368 e. The van der Waals surface area contributed by atoms with E-state index < -0.39 is 0 Å². The molecule has 1 aromatic heterocycles. The Labute approximate surface area is 144 Å². The van der Waals surface area contributed by atoms with E-state index in [2.05, 4.69) is 26.9 Å². The maximum Gasteiger partial charge on any atom is 0.228 e. The molecule has 0 aliphatic heterocycles. The van der Waals surface area contributed by atoms with Crippen LogP contribution in [0.15, 0.2) is 23.8 Å². The fraction of sp³-hybridized carbons (Fsp3) is 0.632. The molecule has 130 valence electrons. The minimum absolute atomic E-state index is 0.0916. The minimum atomic E-state index is 0.0916. The fourth-order valence-electron chi connectivity index (χ4n) is 3.57. The van der Waals surface area contributed by atoms with Crippen molar-refractivity contribution in [1.29, 1.82) is 0 Å². The molecule has 0 atom stereocenters. The van der Waals surface area contributed by atoms with Crippen LogP contribution in [0.5, 0.6) is 0 Å². The van der Waals surface area contributed by atoms with Crippen LogP contribution in [0.1, 0.15) is 64.2 Å². The average molecular weight is 328 g/mol. The van der Waals surface area contributed by atoms with Crippen LogP contribution in [0, 0.1) is 5.92 Å². The average Bonchev–Trinajstić information content (AvgIpc) is 2.65. The van der Waals surface area contributed by atoms with E-state index in [4.69, 9.17) is 0 Å². The molecule has 2 aliphatic carbocycles. The van der Waals surface area contributed by atoms with Crippen molar-refractivity contribution in [1.82, 2.24) is 10.2 Å². The molecule has 1 heterocycles. The summed E-state index contributed by atoms with van der Waals surface area (Å²) in [5.74, 6) is 1.55. The van der Waals surface area contributed by atoms with Crippen LogP contribution in [0.4, 0.5) is 11.6 Å². The smallest absolute Gasteiger partial charge is 0.228 e. The first kappa shape index (κ1) is 16.9. The summed E-state index contributed by atoms with van der Waals surface area (Å²) in [5.41, 5.74) is 1.55. The van der Waals surface area contributed by atoms with Gasteiger partial charge in [0.15, 0.2) is 5.82 Å². The van der Waals surface area contributed by atoms with Gasteiger partial charge in [-0.3, -0.25) is 4.79 Å². The standard InChI is InChI=1S/C19H28N4O/c24-19(16-9-5-2-6-10-16)21-18-12-11-17(22-23-18)20-14-13-15-7-3-1-4-8-15/h7,11-12,16H,1-6,8-10,13-14H2,(H,20,22)(H,21,23,24). The van der Waals surface area contributed by atoms with Crippen LogP contribution in [0.25, 0.3) is 0 Å². The first-order chi connectivity index (χ1) is 11.8. The lowest BCUT2D eigenvalue weighted by Gasteiger charge is -2.20. The maximum atomic E-state index is 12.2. The first-order valence-electron chi connectivity index (χ1n) is 9.37. The van der Waals surface area contributed by atoms with E-state index in [0.29, 0.717) is 5.82 Å². The maximum absolute atomic E-state index is 12.2. The number of nitrogens with zero attached hydrogens (tertiary/aromatic N) is 2. The second kappa shape index (κ2) is 8.81. The molecule has 1 aromatic rings. The number of carbonyl (C=O) groups excluding carboxylic acids is 1. The van der Waals surface area contributed by atoms with E-state index in [0.717, 1.165) is 44.5 Å². The van der Waals surface area contributed by atoms with E-state index in [9.17, 15) is 4.79 Å². The first-order valence-corrected chi connectivity index (χ1v) is 9.37. The van der Waals surface area contributed by atoms with Crippen LogP contribution in [0.2, 0.25) is 0 Å². The summed E-state index contributed by atoms with van der Waals surface area (Å²) in [5, 5.41) is 14.5. The largest absolute Gasteiger partial charge is 0.368 e. The Hall–Kier alpha value is -1.91. The number of anilines is 2. The summed E-state index contributed by atoms with van der Waals surface area (Å²) >= 11 is 0. The Morgan fingerprint density at radius 2 is 1.83 bits per heavy atom. The number of carbonyl (C=O) groups is 1. The predicted molar refractivity (Wildman–Crippen MR) is 96.9 cm³/mol. The van der Waals surface area contributed by atoms with Gasteiger partial charge in [0.05, 0.1) is 0 Å². The van der Waals surface area contributed by atoms with Gasteiger partial charge >= 0.3 is 0 Å². The van der Waals surface area contributed by atoms with E-state index in [-0.39, 0.29) is 11.8 Å². The second-order valence-electron chi connectivity index (χ2n) is 6.91. The molecule has 0 bridgehead atoms. The molecule has 0 aromatic carbocycles. The van der Waals surface area contributed by atoms with Gasteiger partial charge in [-0.05, 0) is 57.1 Å². The number of allylic oxidation sites excluding steroid dienone is 1. The number of aromatic nitrogens is 2. The van der Waals surface area contributed by atoms with E-state index in [1.165, 1.54) is 32.1 Å². The highest BCUT2D eigenvalue weighted by Crippen LogP contribution is 2.24. The molecule has 1 fully saturated rings. The molecular formula is C19H28N4O. The highest BCUT2D eigenvalue weighted by atomic mass is 16.1. The van der Waals surface area contributed by atoms with Crippen LogP contribution in [-0.4, -0.2) is 22.6 Å². The lowest BCUT2D eigenvalue weighted by Crippen LogP contribution is -2.25. The summed E-state index contributed by atoms with van der Waals surface area (Å²) in [6, 6.07) is 3.72. The summed E-state index contributed by atoms with van der Waals surface area (Å²) in [6.07, 6.45) is 14.1. The van der Waals surface area contributed by atoms with Gasteiger partial charge in [0, 0.05) is 12.5 Å². The van der Waals surface area contributed by atoms with E-state index in [1.807, 2.05) is 12.1 Å². The van der Waals surface area contributed by atoms with E-state index in [1.54, 1.807) is 5.57 Å². The van der Waals surface area contributed by atoms with Crippen molar-refractivity contribution in [2.75, 3.05) is 17.2 Å². The molecule has 3 rings (SSSR count). The molecule has 0 saturated heterocycles. The van der Waals surface area contributed by atoms with Crippen molar-refractivity contribution in [2.45, 2.75) is 64.2 Å². The molecule has 5 heteroatoms. The normalized spacial score (nSPS) is 18.8. The Morgan fingerprint density at radius 1 is 1.04 bits per heavy atom. The van der Waals surface area contributed by atoms with Gasteiger partial charge in [0.1, 0.15) is 5.82 Å². The van der Waals surface area contributed by atoms with Gasteiger partial charge in [-0.25, -0.2) is 0 Å². The molecule has 1 saturated carbocycles. The SMILES string of the molecule is O=C(Nc1ccc(NCCC2=CCCCC2)nn1)C1CCCCC1. The van der Waals surface area contributed by atoms with Gasteiger partial charge < -0.3 is 10.6 Å². The molecule has 2 N–H and O–H groups in total. The summed E-state index contributed by atoms with van der Waals surface area (Å²) in [4.78, 5) is 12.2. The molecule has 0 unspecified atom stereocenters. The summed E-state index contributed by atoms with van der Waals surface area (Å²) < 4.78 is 0. The van der Waals surface area contributed by atoms with Gasteiger partial charge in [0.2, 0.25) is 5.91 Å². The van der Waals surface area contributed by atoms with Crippen molar-refractivity contribution in [3.63, 3.8) is 0 Å². The highest BCUT2D eigenvalue weighted by molar-refractivity contribution is 5.91. The van der Waals surface area contributed by atoms with Crippen molar-refractivity contribution in [3.05, 3.63) is 23.8 Å². The predicted octanol–water partition coefficient (Wildman–Crippen LogP) is 4.30. The Kier molecular flexibility index (Phi) is 6.21. The van der Waals surface area contributed by atoms with Crippen molar-refractivity contribution in [2.24, 2.45) is 5.92 Å². The number of hydrogen-bond donors (Lipinski definition) is 2. The summed E-state index contributed by atoms with van der Waals surface area (Å²) in [7, 11) is 0. The van der Waals surface area contributed by atoms with Gasteiger partial charge in [-0.1, -0.05) is 30.9 Å². The Balaban J connectivity index is 1.42. The fourth-order valence-corrected chi connectivity index (χ4v) is 3.57. The molecule has 1 amide bonds. The van der Waals surface area contributed by atoms with Crippen LogP contribution < -0.4 is 10.6 Å². The molecular weight excluding hydrogens is 300 g/mol. The lowest BCUT2D eigenvalue weighted by molar-refractivity contribution is -0.120. The topological polar surface area (TPSA) is 66.9 Å². The monoisotopic (exact) mass is 328 g/mol. The molecule has 0 radical (unpaired) electrons. The zero-order valence-electron chi connectivity index (χ0n) is 14.4. The lowest BCUT2D eigenvalue weighted by atomic mass is 9.89. The number of amides is 1. The van der Waals surface area contributed by atoms with Crippen molar-refractivity contribution >= 4 is 17.5 Å². The van der Waals surface area contributed by atoms with Gasteiger partial charge in [-0.2, -0.15) is 0 Å². The number of hydrogen-bond acceptors (Lipinski definition) is 4. The van der Waals surface area contributed by atoms with Crippen LogP contribution in [-0.2, 0) is 4.79 Å². The number of nitrogens with one attached hydrogen (secondary N) is 2. The molecule has 2 aliphatic rings. The summed E-state index contributed by atoms with van der Waals surface area (Å²) in [6.45, 7) is 0.883. The second-order valence-corrected chi connectivity index (χ2v) is 6.91. The van der Waals surface area contributed by atoms with Crippen LogP contribution >= 0.6 is 0 Å². The third-order valence-corrected chi connectivity index (χ3v) is 5.03. The van der Waals surface area contributed by atoms with Gasteiger partial charge in [0.25, 0.3) is 0 Å². The van der Waals surface area contributed by atoms with Crippen molar-refractivity contribution in [3.8, 4) is 0 Å². The Morgan fingerprint density at radius 3 is 2.54 bits per heavy atom.